The average molecular weight is 245 g/mol. The van der Waals surface area contributed by atoms with Gasteiger partial charge in [-0.2, -0.15) is 0 Å². The van der Waals surface area contributed by atoms with Crippen molar-refractivity contribution in [2.75, 3.05) is 20.3 Å². The summed E-state index contributed by atoms with van der Waals surface area (Å²) in [5, 5.41) is 11.1. The van der Waals surface area contributed by atoms with Crippen molar-refractivity contribution in [1.82, 2.24) is 5.32 Å². The van der Waals surface area contributed by atoms with Crippen LogP contribution in [-0.4, -0.2) is 31.3 Å². The van der Waals surface area contributed by atoms with Crippen LogP contribution in [0, 0.1) is 0 Å². The summed E-state index contributed by atoms with van der Waals surface area (Å²) in [5.41, 5.74) is 0.859. The number of hydrogen-bond acceptors (Lipinski definition) is 3. The van der Waals surface area contributed by atoms with Gasteiger partial charge >= 0.3 is 0 Å². The van der Waals surface area contributed by atoms with E-state index in [9.17, 15) is 8.78 Å². The molecule has 1 rings (SSSR count). The van der Waals surface area contributed by atoms with E-state index in [1.54, 1.807) is 32.2 Å². The van der Waals surface area contributed by atoms with Gasteiger partial charge in [-0.3, -0.25) is 0 Å². The Hall–Kier alpha value is -1.20. The third-order valence-corrected chi connectivity index (χ3v) is 2.49. The maximum absolute atomic E-state index is 12.8. The third kappa shape index (κ3) is 4.28. The number of rotatable bonds is 6. The standard InChI is InChI=1S/C12H17F2NO2/c1-9(15-7-12(13,14)8-16)10-4-3-5-11(6-10)17-2/h3-6,9,15-16H,7-8H2,1-2H3. The second-order valence-corrected chi connectivity index (χ2v) is 3.89. The van der Waals surface area contributed by atoms with Gasteiger partial charge in [0, 0.05) is 6.04 Å². The van der Waals surface area contributed by atoms with Crippen LogP contribution in [0.3, 0.4) is 0 Å². The van der Waals surface area contributed by atoms with E-state index >= 15 is 0 Å². The number of halogens is 2. The number of aliphatic hydroxyl groups is 1. The fourth-order valence-corrected chi connectivity index (χ4v) is 1.39. The minimum absolute atomic E-state index is 0.234. The SMILES string of the molecule is COc1cccc(C(C)NCC(F)(F)CO)c1. The topological polar surface area (TPSA) is 41.5 Å². The van der Waals surface area contributed by atoms with Crippen molar-refractivity contribution in [3.8, 4) is 5.75 Å². The smallest absolute Gasteiger partial charge is 0.282 e. The Balaban J connectivity index is 2.60. The van der Waals surface area contributed by atoms with Crippen LogP contribution < -0.4 is 10.1 Å². The Bertz CT molecular complexity index is 358. The maximum atomic E-state index is 12.8. The summed E-state index contributed by atoms with van der Waals surface area (Å²) in [7, 11) is 1.55. The molecular weight excluding hydrogens is 228 g/mol. The maximum Gasteiger partial charge on any atom is 0.282 e. The molecule has 0 aliphatic carbocycles. The number of hydrogen-bond donors (Lipinski definition) is 2. The van der Waals surface area contributed by atoms with E-state index < -0.39 is 19.1 Å². The molecule has 0 heterocycles. The lowest BCUT2D eigenvalue weighted by atomic mass is 10.1. The summed E-state index contributed by atoms with van der Waals surface area (Å²) in [6, 6.07) is 6.98. The first-order chi connectivity index (χ1) is 7.98. The third-order valence-electron chi connectivity index (χ3n) is 2.49. The first-order valence-corrected chi connectivity index (χ1v) is 5.34. The molecule has 0 saturated carbocycles. The highest BCUT2D eigenvalue weighted by atomic mass is 19.3. The van der Waals surface area contributed by atoms with Gasteiger partial charge in [-0.1, -0.05) is 12.1 Å². The molecule has 3 nitrogen and oxygen atoms in total. The number of alkyl halides is 2. The summed E-state index contributed by atoms with van der Waals surface area (Å²) < 4.78 is 30.7. The van der Waals surface area contributed by atoms with Crippen molar-refractivity contribution < 1.29 is 18.6 Å². The molecule has 1 aromatic carbocycles. The summed E-state index contributed by atoms with van der Waals surface area (Å²) in [5.74, 6) is -2.40. The monoisotopic (exact) mass is 245 g/mol. The van der Waals surface area contributed by atoms with Crippen molar-refractivity contribution in [2.24, 2.45) is 0 Å². The quantitative estimate of drug-likeness (QED) is 0.805. The summed E-state index contributed by atoms with van der Waals surface area (Å²) in [4.78, 5) is 0. The van der Waals surface area contributed by atoms with Crippen LogP contribution in [0.4, 0.5) is 8.78 Å². The van der Waals surface area contributed by atoms with Crippen LogP contribution in [0.15, 0.2) is 24.3 Å². The molecule has 0 bridgehead atoms. The van der Waals surface area contributed by atoms with Crippen LogP contribution in [0.1, 0.15) is 18.5 Å². The summed E-state index contributed by atoms with van der Waals surface area (Å²) in [6.45, 7) is 0.0783. The van der Waals surface area contributed by atoms with Gasteiger partial charge in [-0.25, -0.2) is 8.78 Å². The minimum Gasteiger partial charge on any atom is -0.497 e. The zero-order valence-corrected chi connectivity index (χ0v) is 9.91. The largest absolute Gasteiger partial charge is 0.497 e. The summed E-state index contributed by atoms with van der Waals surface area (Å²) in [6.07, 6.45) is 0. The van der Waals surface area contributed by atoms with Crippen molar-refractivity contribution in [3.05, 3.63) is 29.8 Å². The fourth-order valence-electron chi connectivity index (χ4n) is 1.39. The average Bonchev–Trinajstić information content (AvgIpc) is 2.36. The Labute approximate surface area is 99.4 Å². The van der Waals surface area contributed by atoms with Crippen LogP contribution in [0.5, 0.6) is 5.75 Å². The predicted molar refractivity (Wildman–Crippen MR) is 61.4 cm³/mol. The molecule has 0 amide bonds. The van der Waals surface area contributed by atoms with Crippen molar-refractivity contribution in [1.29, 1.82) is 0 Å². The highest BCUT2D eigenvalue weighted by molar-refractivity contribution is 5.30. The molecule has 2 N–H and O–H groups in total. The van der Waals surface area contributed by atoms with Gasteiger partial charge in [0.1, 0.15) is 12.4 Å². The molecule has 1 unspecified atom stereocenters. The van der Waals surface area contributed by atoms with E-state index in [0.717, 1.165) is 5.56 Å². The lowest BCUT2D eigenvalue weighted by molar-refractivity contribution is -0.0490. The number of methoxy groups -OCH3 is 1. The Kier molecular flexibility index (Phi) is 4.84. The molecule has 1 aromatic rings. The number of ether oxygens (including phenoxy) is 1. The van der Waals surface area contributed by atoms with Crippen LogP contribution in [-0.2, 0) is 0 Å². The number of benzene rings is 1. The summed E-state index contributed by atoms with van der Waals surface area (Å²) >= 11 is 0. The Morgan fingerprint density at radius 1 is 1.47 bits per heavy atom. The van der Waals surface area contributed by atoms with Crippen LogP contribution >= 0.6 is 0 Å². The molecule has 0 saturated heterocycles. The van der Waals surface area contributed by atoms with Gasteiger partial charge < -0.3 is 15.2 Å². The lowest BCUT2D eigenvalue weighted by Gasteiger charge is -2.19. The highest BCUT2D eigenvalue weighted by Gasteiger charge is 2.27. The molecule has 0 spiro atoms. The number of nitrogens with one attached hydrogen (secondary N) is 1. The molecular formula is C12H17F2NO2. The molecule has 96 valence electrons. The van der Waals surface area contributed by atoms with Crippen molar-refractivity contribution >= 4 is 0 Å². The van der Waals surface area contributed by atoms with E-state index in [4.69, 9.17) is 9.84 Å². The Morgan fingerprint density at radius 2 is 2.18 bits per heavy atom. The first kappa shape index (κ1) is 13.9. The zero-order chi connectivity index (χ0) is 12.9. The molecule has 0 radical (unpaired) electrons. The van der Waals surface area contributed by atoms with E-state index in [2.05, 4.69) is 5.32 Å². The van der Waals surface area contributed by atoms with Gasteiger partial charge in [0.2, 0.25) is 0 Å². The number of aliphatic hydroxyl groups excluding tert-OH is 1. The zero-order valence-electron chi connectivity index (χ0n) is 9.91. The van der Waals surface area contributed by atoms with E-state index in [0.29, 0.717) is 5.75 Å². The van der Waals surface area contributed by atoms with Crippen LogP contribution in [0.2, 0.25) is 0 Å². The van der Waals surface area contributed by atoms with Crippen molar-refractivity contribution in [2.45, 2.75) is 18.9 Å². The normalized spacial score (nSPS) is 13.5. The fraction of sp³-hybridized carbons (Fsp3) is 0.500. The van der Waals surface area contributed by atoms with Gasteiger partial charge in [0.25, 0.3) is 5.92 Å². The Morgan fingerprint density at radius 3 is 2.76 bits per heavy atom. The molecule has 5 heteroatoms. The molecule has 1 atom stereocenters. The van der Waals surface area contributed by atoms with E-state index in [-0.39, 0.29) is 6.04 Å². The highest BCUT2D eigenvalue weighted by Crippen LogP contribution is 2.20. The first-order valence-electron chi connectivity index (χ1n) is 5.34. The molecule has 0 aliphatic heterocycles. The lowest BCUT2D eigenvalue weighted by Crippen LogP contribution is -2.37. The van der Waals surface area contributed by atoms with Gasteiger partial charge in [-0.15, -0.1) is 0 Å². The van der Waals surface area contributed by atoms with E-state index in [1.165, 1.54) is 0 Å². The van der Waals surface area contributed by atoms with Crippen molar-refractivity contribution in [3.63, 3.8) is 0 Å². The van der Waals surface area contributed by atoms with Gasteiger partial charge in [-0.05, 0) is 24.6 Å². The second-order valence-electron chi connectivity index (χ2n) is 3.89. The minimum atomic E-state index is -3.09. The molecule has 0 aromatic heterocycles. The van der Waals surface area contributed by atoms with Gasteiger partial charge in [0.05, 0.1) is 13.7 Å². The molecule has 0 aliphatic rings. The molecule has 17 heavy (non-hydrogen) atoms. The molecule has 0 fully saturated rings. The van der Waals surface area contributed by atoms with E-state index in [1.807, 2.05) is 6.07 Å². The van der Waals surface area contributed by atoms with Gasteiger partial charge in [0.15, 0.2) is 0 Å². The second kappa shape index (κ2) is 5.93. The predicted octanol–water partition coefficient (Wildman–Crippen LogP) is 1.97. The van der Waals surface area contributed by atoms with Crippen LogP contribution in [0.25, 0.3) is 0 Å².